The van der Waals surface area contributed by atoms with E-state index in [1.165, 1.54) is 6.92 Å². The summed E-state index contributed by atoms with van der Waals surface area (Å²) in [5.41, 5.74) is -4.61. The van der Waals surface area contributed by atoms with Gasteiger partial charge in [0.05, 0.1) is 11.4 Å². The van der Waals surface area contributed by atoms with E-state index in [-0.39, 0.29) is 11.3 Å². The van der Waals surface area contributed by atoms with Crippen LogP contribution in [0.3, 0.4) is 0 Å². The third kappa shape index (κ3) is 3.34. The van der Waals surface area contributed by atoms with E-state index < -0.39 is 50.6 Å². The molecule has 2 N–H and O–H groups in total. The Hall–Kier alpha value is -2.57. The van der Waals surface area contributed by atoms with E-state index in [9.17, 15) is 24.6 Å². The topological polar surface area (TPSA) is 116 Å². The van der Waals surface area contributed by atoms with Crippen LogP contribution in [0.25, 0.3) is 0 Å². The number of amides is 1. The van der Waals surface area contributed by atoms with Crippen molar-refractivity contribution in [2.75, 3.05) is 0 Å². The van der Waals surface area contributed by atoms with Gasteiger partial charge in [-0.05, 0) is 66.3 Å². The molecule has 2 fully saturated rings. The fourth-order valence-corrected chi connectivity index (χ4v) is 5.38. The van der Waals surface area contributed by atoms with Gasteiger partial charge in [-0.25, -0.2) is 0 Å². The van der Waals surface area contributed by atoms with Crippen LogP contribution in [-0.4, -0.2) is 28.6 Å². The molecule has 1 amide bonds. The Morgan fingerprint density at radius 3 is 1.76 bits per heavy atom. The van der Waals surface area contributed by atoms with Gasteiger partial charge in [-0.1, -0.05) is 55.4 Å². The second-order valence-electron chi connectivity index (χ2n) is 13.0. The Bertz CT molecular complexity index is 1040. The fraction of sp³-hybridized carbons (Fsp3) is 0.667. The molecule has 7 heteroatoms. The minimum absolute atomic E-state index is 0.104. The molecule has 34 heavy (non-hydrogen) atoms. The van der Waals surface area contributed by atoms with Gasteiger partial charge in [0.25, 0.3) is 5.91 Å². The number of aromatic hydroxyl groups is 1. The number of phenolic OH excluding ortho intramolecular Hbond substituents is 1. The first-order chi connectivity index (χ1) is 15.1. The van der Waals surface area contributed by atoms with Crippen LogP contribution in [0.1, 0.15) is 98.8 Å². The normalized spacial score (nSPS) is 27.8. The summed E-state index contributed by atoms with van der Waals surface area (Å²) in [6.07, 6.45) is 0.795. The molecule has 188 valence electrons. The fourth-order valence-electron chi connectivity index (χ4n) is 5.38. The largest absolute Gasteiger partial charge is 0.547 e. The highest BCUT2D eigenvalue weighted by Gasteiger charge is 2.76. The molecule has 7 nitrogen and oxygen atoms in total. The van der Waals surface area contributed by atoms with Crippen LogP contribution < -0.4 is 10.4 Å². The number of rotatable bonds is 4. The smallest absolute Gasteiger partial charge is 0.313 e. The number of esters is 1. The summed E-state index contributed by atoms with van der Waals surface area (Å²) in [6, 6.07) is 3.23. The molecule has 3 atom stereocenters. The number of carboxylic acids is 1. The summed E-state index contributed by atoms with van der Waals surface area (Å²) < 4.78 is 5.66. The molecule has 1 aliphatic carbocycles. The van der Waals surface area contributed by atoms with Crippen LogP contribution in [0.4, 0.5) is 0 Å². The number of hydrogen-bond acceptors (Lipinski definition) is 6. The first kappa shape index (κ1) is 26.0. The SMILES string of the molecule is CC(C)(C)c1cc(C(C)(NC(=O)C23CCC(C)(C(=O)O2)C3(C)C)C(=O)[O-])cc(C(C)(C)C)c1O. The average molecular weight is 473 g/mol. The van der Waals surface area contributed by atoms with Gasteiger partial charge >= 0.3 is 5.97 Å². The maximum atomic E-state index is 13.7. The Morgan fingerprint density at radius 2 is 1.44 bits per heavy atom. The third-order valence-corrected chi connectivity index (χ3v) is 8.53. The van der Waals surface area contributed by atoms with Crippen LogP contribution in [0.5, 0.6) is 5.75 Å². The lowest BCUT2D eigenvalue weighted by atomic mass is 9.66. The maximum Gasteiger partial charge on any atom is 0.313 e. The van der Waals surface area contributed by atoms with Crippen LogP contribution in [0.15, 0.2) is 12.1 Å². The molecule has 0 aromatic heterocycles. The predicted molar refractivity (Wildman–Crippen MR) is 126 cm³/mol. The quantitative estimate of drug-likeness (QED) is 0.650. The number of ether oxygens (including phenoxy) is 1. The van der Waals surface area contributed by atoms with Gasteiger partial charge in [-0.3, -0.25) is 9.59 Å². The van der Waals surface area contributed by atoms with Crippen molar-refractivity contribution >= 4 is 17.8 Å². The van der Waals surface area contributed by atoms with Gasteiger partial charge in [0.1, 0.15) is 11.3 Å². The number of aliphatic carboxylic acids is 1. The third-order valence-electron chi connectivity index (χ3n) is 8.53. The number of fused-ring (bicyclic) bond motifs is 2. The zero-order valence-corrected chi connectivity index (χ0v) is 22.1. The first-order valence-electron chi connectivity index (χ1n) is 11.8. The zero-order chi connectivity index (χ0) is 26.3. The van der Waals surface area contributed by atoms with Crippen molar-refractivity contribution in [2.45, 2.75) is 104 Å². The molecule has 1 saturated heterocycles. The van der Waals surface area contributed by atoms with Crippen molar-refractivity contribution in [3.05, 3.63) is 28.8 Å². The Balaban J connectivity index is 2.17. The lowest BCUT2D eigenvalue weighted by molar-refractivity contribution is -0.314. The van der Waals surface area contributed by atoms with E-state index in [0.29, 0.717) is 24.0 Å². The van der Waals surface area contributed by atoms with Crippen LogP contribution in [-0.2, 0) is 35.5 Å². The van der Waals surface area contributed by atoms with Crippen molar-refractivity contribution in [3.63, 3.8) is 0 Å². The molecule has 3 rings (SSSR count). The van der Waals surface area contributed by atoms with Gasteiger partial charge in [-0.15, -0.1) is 0 Å². The molecule has 2 bridgehead atoms. The molecular weight excluding hydrogens is 434 g/mol. The minimum Gasteiger partial charge on any atom is -0.547 e. The maximum absolute atomic E-state index is 13.7. The highest BCUT2D eigenvalue weighted by Crippen LogP contribution is 2.65. The van der Waals surface area contributed by atoms with Crippen molar-refractivity contribution in [1.29, 1.82) is 0 Å². The average Bonchev–Trinajstić information content (AvgIpc) is 2.96. The van der Waals surface area contributed by atoms with Gasteiger partial charge in [0.2, 0.25) is 0 Å². The van der Waals surface area contributed by atoms with E-state index in [2.05, 4.69) is 5.32 Å². The number of phenols is 1. The zero-order valence-electron chi connectivity index (χ0n) is 22.1. The van der Waals surface area contributed by atoms with Gasteiger partial charge in [0, 0.05) is 5.41 Å². The van der Waals surface area contributed by atoms with Crippen LogP contribution in [0.2, 0.25) is 0 Å². The van der Waals surface area contributed by atoms with Gasteiger partial charge in [0.15, 0.2) is 5.60 Å². The van der Waals surface area contributed by atoms with Crippen molar-refractivity contribution in [3.8, 4) is 5.75 Å². The standard InChI is InChI=1S/C27H39NO6/c1-22(2,3)16-13-15(14-17(18(16)29)23(4,5)6)26(10,20(31)32)28-19(30)27-12-11-25(9,21(33)34-27)24(27,7)8/h13-14,29H,11-12H2,1-10H3,(H,28,30)(H,31,32)/p-1. The first-order valence-corrected chi connectivity index (χ1v) is 11.8. The lowest BCUT2D eigenvalue weighted by Crippen LogP contribution is -2.62. The molecular formula is C27H38NO6-. The van der Waals surface area contributed by atoms with E-state index in [0.717, 1.165) is 0 Å². The van der Waals surface area contributed by atoms with Crippen molar-refractivity contribution in [2.24, 2.45) is 10.8 Å². The van der Waals surface area contributed by atoms with Gasteiger partial charge < -0.3 is 25.1 Å². The van der Waals surface area contributed by atoms with Gasteiger partial charge in [-0.2, -0.15) is 0 Å². The Labute approximate surface area is 202 Å². The highest BCUT2D eigenvalue weighted by atomic mass is 16.6. The molecule has 2 aliphatic rings. The van der Waals surface area contributed by atoms with Crippen molar-refractivity contribution < 1.29 is 29.3 Å². The van der Waals surface area contributed by atoms with Crippen LogP contribution >= 0.6 is 0 Å². The summed E-state index contributed by atoms with van der Waals surface area (Å²) in [7, 11) is 0. The van der Waals surface area contributed by atoms with E-state index in [1.807, 2.05) is 55.4 Å². The number of nitrogens with one attached hydrogen (secondary N) is 1. The van der Waals surface area contributed by atoms with E-state index >= 15 is 0 Å². The number of hydrogen-bond donors (Lipinski definition) is 2. The number of carbonyl (C=O) groups is 3. The lowest BCUT2D eigenvalue weighted by Gasteiger charge is -2.41. The molecule has 1 aromatic carbocycles. The Kier molecular flexibility index (Phi) is 5.53. The molecule has 1 heterocycles. The molecule has 0 radical (unpaired) electrons. The Morgan fingerprint density at radius 1 is 0.971 bits per heavy atom. The van der Waals surface area contributed by atoms with Crippen molar-refractivity contribution in [1.82, 2.24) is 5.32 Å². The number of carboxylic acid groups (broad SMARTS) is 1. The summed E-state index contributed by atoms with van der Waals surface area (Å²) in [5.74, 6) is -2.48. The number of benzene rings is 1. The van der Waals surface area contributed by atoms with E-state index in [1.54, 1.807) is 19.1 Å². The second-order valence-corrected chi connectivity index (χ2v) is 13.0. The highest BCUT2D eigenvalue weighted by molar-refractivity contribution is 5.98. The molecule has 1 aliphatic heterocycles. The molecule has 1 aromatic rings. The summed E-state index contributed by atoms with van der Waals surface area (Å²) >= 11 is 0. The summed E-state index contributed by atoms with van der Waals surface area (Å²) in [4.78, 5) is 38.9. The summed E-state index contributed by atoms with van der Waals surface area (Å²) in [6.45, 7) is 18.3. The van der Waals surface area contributed by atoms with E-state index in [4.69, 9.17) is 4.74 Å². The molecule has 1 saturated carbocycles. The monoisotopic (exact) mass is 472 g/mol. The van der Waals surface area contributed by atoms with Crippen LogP contribution in [0, 0.1) is 10.8 Å². The minimum atomic E-state index is -1.93. The molecule has 0 spiro atoms. The predicted octanol–water partition coefficient (Wildman–Crippen LogP) is 3.19. The molecule has 3 unspecified atom stereocenters. The summed E-state index contributed by atoms with van der Waals surface area (Å²) in [5, 5.41) is 26.3. The number of carbonyl (C=O) groups excluding carboxylic acids is 3. The second kappa shape index (κ2) is 7.22.